The predicted octanol–water partition coefficient (Wildman–Crippen LogP) is 1.15. The average molecular weight is 370 g/mol. The smallest absolute Gasteiger partial charge is 0.323 e. The third-order valence-electron chi connectivity index (χ3n) is 3.99. The van der Waals surface area contributed by atoms with E-state index in [4.69, 9.17) is 14.3 Å². The average Bonchev–Trinajstić information content (AvgIpc) is 3.18. The van der Waals surface area contributed by atoms with Crippen LogP contribution in [-0.4, -0.2) is 53.0 Å². The Balaban J connectivity index is 1.61. The molecule has 0 aliphatic carbocycles. The van der Waals surface area contributed by atoms with Gasteiger partial charge in [-0.1, -0.05) is 24.3 Å². The van der Waals surface area contributed by atoms with E-state index < -0.39 is 36.4 Å². The molecule has 3 rings (SSSR count). The van der Waals surface area contributed by atoms with Crippen molar-refractivity contribution in [2.45, 2.75) is 12.1 Å². The van der Waals surface area contributed by atoms with Crippen molar-refractivity contribution in [3.63, 3.8) is 0 Å². The number of furan rings is 1. The summed E-state index contributed by atoms with van der Waals surface area (Å²) >= 11 is 0. The minimum atomic E-state index is -1.13. The summed E-state index contributed by atoms with van der Waals surface area (Å²) in [5.74, 6) is -0.962. The van der Waals surface area contributed by atoms with E-state index in [9.17, 15) is 14.4 Å². The van der Waals surface area contributed by atoms with Crippen LogP contribution in [0.5, 0.6) is 5.75 Å². The summed E-state index contributed by atoms with van der Waals surface area (Å²) in [4.78, 5) is 36.5. The Hall–Kier alpha value is -3.55. The fourth-order valence-electron chi connectivity index (χ4n) is 2.72. The summed E-state index contributed by atoms with van der Waals surface area (Å²) in [5.41, 5.74) is 0. The molecule has 0 radical (unpaired) electrons. The summed E-state index contributed by atoms with van der Waals surface area (Å²) in [7, 11) is 0. The van der Waals surface area contributed by atoms with Gasteiger partial charge in [0.2, 0.25) is 5.91 Å². The van der Waals surface area contributed by atoms with E-state index in [1.54, 1.807) is 48.6 Å². The number of carboxylic acids is 1. The Morgan fingerprint density at radius 1 is 1.22 bits per heavy atom. The van der Waals surface area contributed by atoms with E-state index in [0.29, 0.717) is 11.5 Å². The SMILES string of the molecule is O=C(O)CN1C(=O)[C@@H](NC(=O)COc2ccccc2)[C@H]1/C=C/c1ccco1. The molecule has 140 valence electrons. The lowest BCUT2D eigenvalue weighted by atomic mass is 9.94. The van der Waals surface area contributed by atoms with Gasteiger partial charge in [0, 0.05) is 0 Å². The highest BCUT2D eigenvalue weighted by molar-refractivity contribution is 5.96. The van der Waals surface area contributed by atoms with Gasteiger partial charge in [-0.15, -0.1) is 0 Å². The fourth-order valence-corrected chi connectivity index (χ4v) is 2.72. The van der Waals surface area contributed by atoms with E-state index in [2.05, 4.69) is 5.32 Å². The van der Waals surface area contributed by atoms with Crippen LogP contribution >= 0.6 is 0 Å². The van der Waals surface area contributed by atoms with Crippen LogP contribution in [0.4, 0.5) is 0 Å². The third kappa shape index (κ3) is 4.55. The number of carbonyl (C=O) groups is 3. The van der Waals surface area contributed by atoms with E-state index in [0.717, 1.165) is 0 Å². The largest absolute Gasteiger partial charge is 0.484 e. The number of ether oxygens (including phenoxy) is 1. The van der Waals surface area contributed by atoms with Gasteiger partial charge in [0.25, 0.3) is 5.91 Å². The Morgan fingerprint density at radius 3 is 2.67 bits per heavy atom. The van der Waals surface area contributed by atoms with Crippen LogP contribution in [0.15, 0.2) is 59.2 Å². The fraction of sp³-hybridized carbons (Fsp3) is 0.211. The van der Waals surface area contributed by atoms with Crippen molar-refractivity contribution in [1.29, 1.82) is 0 Å². The number of likely N-dealkylation sites (tertiary alicyclic amines) is 1. The molecular weight excluding hydrogens is 352 g/mol. The number of para-hydroxylation sites is 1. The molecule has 1 fully saturated rings. The minimum Gasteiger partial charge on any atom is -0.484 e. The van der Waals surface area contributed by atoms with Crippen LogP contribution in [-0.2, 0) is 14.4 Å². The van der Waals surface area contributed by atoms with Crippen molar-refractivity contribution in [3.8, 4) is 5.75 Å². The molecule has 27 heavy (non-hydrogen) atoms. The molecule has 2 N–H and O–H groups in total. The summed E-state index contributed by atoms with van der Waals surface area (Å²) in [5, 5.41) is 11.6. The standard InChI is InChI=1S/C19H18N2O6/c22-16(12-27-13-5-2-1-3-6-13)20-18-15(9-8-14-7-4-10-26-14)21(19(18)25)11-17(23)24/h1-10,15,18H,11-12H2,(H,20,22)(H,23,24)/b9-8+/t15-,18+/m1/s1. The van der Waals surface area contributed by atoms with Gasteiger partial charge in [-0.2, -0.15) is 0 Å². The molecule has 2 heterocycles. The van der Waals surface area contributed by atoms with E-state index >= 15 is 0 Å². The molecule has 8 heteroatoms. The topological polar surface area (TPSA) is 109 Å². The van der Waals surface area contributed by atoms with Crippen molar-refractivity contribution < 1.29 is 28.6 Å². The van der Waals surface area contributed by atoms with Gasteiger partial charge < -0.3 is 24.5 Å². The minimum absolute atomic E-state index is 0.249. The number of nitrogens with zero attached hydrogens (tertiary/aromatic N) is 1. The lowest BCUT2D eigenvalue weighted by molar-refractivity contribution is -0.157. The number of carboxylic acid groups (broad SMARTS) is 1. The highest BCUT2D eigenvalue weighted by atomic mass is 16.5. The van der Waals surface area contributed by atoms with Gasteiger partial charge in [0.1, 0.15) is 24.1 Å². The Bertz CT molecular complexity index is 831. The van der Waals surface area contributed by atoms with Crippen molar-refractivity contribution in [2.24, 2.45) is 0 Å². The van der Waals surface area contributed by atoms with Crippen molar-refractivity contribution >= 4 is 23.9 Å². The molecule has 0 spiro atoms. The second kappa shape index (κ2) is 8.22. The Kier molecular flexibility index (Phi) is 5.55. The van der Waals surface area contributed by atoms with Gasteiger partial charge in [-0.05, 0) is 30.3 Å². The monoisotopic (exact) mass is 370 g/mol. The number of amides is 2. The lowest BCUT2D eigenvalue weighted by Crippen LogP contribution is -2.71. The highest BCUT2D eigenvalue weighted by Crippen LogP contribution is 2.22. The normalized spacial score (nSPS) is 19.0. The maximum absolute atomic E-state index is 12.2. The van der Waals surface area contributed by atoms with Gasteiger partial charge in [0.15, 0.2) is 6.61 Å². The molecule has 1 aromatic heterocycles. The molecule has 1 aromatic carbocycles. The molecule has 1 aliphatic rings. The predicted molar refractivity (Wildman–Crippen MR) is 94.7 cm³/mol. The van der Waals surface area contributed by atoms with E-state index in [1.807, 2.05) is 6.07 Å². The van der Waals surface area contributed by atoms with Crippen LogP contribution in [0, 0.1) is 0 Å². The maximum Gasteiger partial charge on any atom is 0.323 e. The molecular formula is C19H18N2O6. The van der Waals surface area contributed by atoms with Gasteiger partial charge in [-0.25, -0.2) is 0 Å². The first-order valence-corrected chi connectivity index (χ1v) is 8.26. The maximum atomic E-state index is 12.2. The van der Waals surface area contributed by atoms with Crippen LogP contribution in [0.1, 0.15) is 5.76 Å². The molecule has 2 atom stereocenters. The molecule has 2 amide bonds. The molecule has 0 unspecified atom stereocenters. The van der Waals surface area contributed by atoms with Gasteiger partial charge in [0.05, 0.1) is 12.3 Å². The first kappa shape index (κ1) is 18.2. The van der Waals surface area contributed by atoms with E-state index in [1.165, 1.54) is 11.2 Å². The molecule has 0 bridgehead atoms. The zero-order valence-electron chi connectivity index (χ0n) is 14.3. The van der Waals surface area contributed by atoms with Crippen LogP contribution < -0.4 is 10.1 Å². The number of carbonyl (C=O) groups excluding carboxylic acids is 2. The quantitative estimate of drug-likeness (QED) is 0.675. The third-order valence-corrected chi connectivity index (χ3v) is 3.99. The first-order chi connectivity index (χ1) is 13.0. The summed E-state index contributed by atoms with van der Waals surface area (Å²) in [6.45, 7) is -0.694. The second-order valence-corrected chi connectivity index (χ2v) is 5.87. The number of benzene rings is 1. The molecule has 1 saturated heterocycles. The number of rotatable bonds is 8. The van der Waals surface area contributed by atoms with Crippen molar-refractivity contribution in [1.82, 2.24) is 10.2 Å². The number of β-lactam (4-membered cyclic amide) rings is 1. The zero-order chi connectivity index (χ0) is 19.2. The number of nitrogens with one attached hydrogen (secondary N) is 1. The number of hydrogen-bond acceptors (Lipinski definition) is 5. The van der Waals surface area contributed by atoms with Crippen molar-refractivity contribution in [3.05, 3.63) is 60.6 Å². The summed E-state index contributed by atoms with van der Waals surface area (Å²) in [6, 6.07) is 10.8. The zero-order valence-corrected chi connectivity index (χ0v) is 14.3. The molecule has 1 aliphatic heterocycles. The second-order valence-electron chi connectivity index (χ2n) is 5.87. The molecule has 8 nitrogen and oxygen atoms in total. The Labute approximate surface area is 155 Å². The van der Waals surface area contributed by atoms with Crippen LogP contribution in [0.3, 0.4) is 0 Å². The Morgan fingerprint density at radius 2 is 2.00 bits per heavy atom. The van der Waals surface area contributed by atoms with Crippen LogP contribution in [0.2, 0.25) is 0 Å². The number of aliphatic carboxylic acids is 1. The van der Waals surface area contributed by atoms with E-state index in [-0.39, 0.29) is 6.61 Å². The molecule has 2 aromatic rings. The number of hydrogen-bond donors (Lipinski definition) is 2. The highest BCUT2D eigenvalue weighted by Gasteiger charge is 2.47. The van der Waals surface area contributed by atoms with Gasteiger partial charge >= 0.3 is 5.97 Å². The first-order valence-electron chi connectivity index (χ1n) is 8.26. The summed E-state index contributed by atoms with van der Waals surface area (Å²) < 4.78 is 10.5. The van der Waals surface area contributed by atoms with Crippen molar-refractivity contribution in [2.75, 3.05) is 13.2 Å². The lowest BCUT2D eigenvalue weighted by Gasteiger charge is -2.44. The summed E-state index contributed by atoms with van der Waals surface area (Å²) in [6.07, 6.45) is 4.76. The van der Waals surface area contributed by atoms with Crippen LogP contribution in [0.25, 0.3) is 6.08 Å². The van der Waals surface area contributed by atoms with Gasteiger partial charge in [-0.3, -0.25) is 14.4 Å². The molecule has 0 saturated carbocycles.